The number of nitrogens with two attached hydrogens (primary N) is 1. The van der Waals surface area contributed by atoms with Gasteiger partial charge in [0, 0.05) is 18.3 Å². The lowest BCUT2D eigenvalue weighted by Crippen LogP contribution is -2.50. The maximum atomic E-state index is 9.61. The topological polar surface area (TPSA) is 62.4 Å². The third kappa shape index (κ3) is 3.32. The van der Waals surface area contributed by atoms with Gasteiger partial charge < -0.3 is 10.8 Å². The normalized spacial score (nSPS) is 24.1. The molecule has 4 heteroatoms. The van der Waals surface area contributed by atoms with Crippen molar-refractivity contribution in [3.63, 3.8) is 0 Å². The van der Waals surface area contributed by atoms with Crippen molar-refractivity contribution in [2.45, 2.75) is 50.7 Å². The summed E-state index contributed by atoms with van der Waals surface area (Å²) in [6.45, 7) is 3.32. The van der Waals surface area contributed by atoms with E-state index in [4.69, 9.17) is 5.73 Å². The van der Waals surface area contributed by atoms with Crippen molar-refractivity contribution in [3.8, 4) is 0 Å². The molecule has 3 atom stereocenters. The Morgan fingerprint density at radius 2 is 2.32 bits per heavy atom. The van der Waals surface area contributed by atoms with E-state index in [-0.39, 0.29) is 24.7 Å². The van der Waals surface area contributed by atoms with Gasteiger partial charge in [-0.05, 0) is 37.9 Å². The summed E-state index contributed by atoms with van der Waals surface area (Å²) in [5.41, 5.74) is 7.36. The molecule has 0 aromatic carbocycles. The number of piperidine rings is 1. The summed E-state index contributed by atoms with van der Waals surface area (Å²) < 4.78 is 0. The quantitative estimate of drug-likeness (QED) is 0.849. The lowest BCUT2D eigenvalue weighted by atomic mass is 9.94. The third-order valence-electron chi connectivity index (χ3n) is 4.11. The van der Waals surface area contributed by atoms with Crippen molar-refractivity contribution in [2.24, 2.45) is 5.73 Å². The van der Waals surface area contributed by atoms with Gasteiger partial charge in [0.15, 0.2) is 0 Å². The van der Waals surface area contributed by atoms with Gasteiger partial charge in [-0.1, -0.05) is 19.4 Å². The zero-order chi connectivity index (χ0) is 13.7. The number of nitrogens with zero attached hydrogens (tertiary/aromatic N) is 2. The maximum Gasteiger partial charge on any atom is 0.0676 e. The Morgan fingerprint density at radius 3 is 2.95 bits per heavy atom. The molecule has 4 nitrogen and oxygen atoms in total. The highest BCUT2D eigenvalue weighted by Crippen LogP contribution is 2.30. The van der Waals surface area contributed by atoms with Crippen LogP contribution in [0.2, 0.25) is 0 Å². The summed E-state index contributed by atoms with van der Waals surface area (Å²) in [6.07, 6.45) is 6.16. The summed E-state index contributed by atoms with van der Waals surface area (Å²) in [6, 6.07) is 6.38. The molecule has 106 valence electrons. The molecular weight excluding hydrogens is 238 g/mol. The smallest absolute Gasteiger partial charge is 0.0676 e. The average Bonchev–Trinajstić information content (AvgIpc) is 2.49. The number of pyridine rings is 1. The predicted octanol–water partition coefficient (Wildman–Crippen LogP) is 1.71. The lowest BCUT2D eigenvalue weighted by molar-refractivity contribution is 0.0400. The fourth-order valence-corrected chi connectivity index (χ4v) is 2.99. The molecule has 3 unspecified atom stereocenters. The van der Waals surface area contributed by atoms with Gasteiger partial charge in [-0.15, -0.1) is 0 Å². The van der Waals surface area contributed by atoms with Crippen LogP contribution in [0, 0.1) is 0 Å². The fourth-order valence-electron chi connectivity index (χ4n) is 2.99. The van der Waals surface area contributed by atoms with Crippen LogP contribution in [-0.4, -0.2) is 40.2 Å². The highest BCUT2D eigenvalue weighted by molar-refractivity contribution is 5.12. The number of aliphatic hydroxyl groups excluding tert-OH is 1. The Morgan fingerprint density at radius 1 is 1.47 bits per heavy atom. The van der Waals surface area contributed by atoms with Crippen LogP contribution < -0.4 is 5.73 Å². The zero-order valence-electron chi connectivity index (χ0n) is 11.7. The zero-order valence-corrected chi connectivity index (χ0v) is 11.7. The number of rotatable bonds is 5. The van der Waals surface area contributed by atoms with Gasteiger partial charge in [-0.3, -0.25) is 9.88 Å². The van der Waals surface area contributed by atoms with Crippen LogP contribution in [0.25, 0.3) is 0 Å². The number of hydrogen-bond acceptors (Lipinski definition) is 4. The minimum Gasteiger partial charge on any atom is -0.395 e. The van der Waals surface area contributed by atoms with Gasteiger partial charge in [0.2, 0.25) is 0 Å². The van der Waals surface area contributed by atoms with E-state index in [2.05, 4.69) is 16.8 Å². The largest absolute Gasteiger partial charge is 0.395 e. The predicted molar refractivity (Wildman–Crippen MR) is 76.7 cm³/mol. The van der Waals surface area contributed by atoms with Gasteiger partial charge in [-0.2, -0.15) is 0 Å². The van der Waals surface area contributed by atoms with Crippen LogP contribution in [0.1, 0.15) is 44.3 Å². The Bertz CT molecular complexity index is 371. The monoisotopic (exact) mass is 263 g/mol. The highest BCUT2D eigenvalue weighted by Gasteiger charge is 2.33. The Labute approximate surface area is 115 Å². The number of aliphatic hydroxyl groups is 1. The van der Waals surface area contributed by atoms with E-state index >= 15 is 0 Å². The second-order valence-corrected chi connectivity index (χ2v) is 5.34. The van der Waals surface area contributed by atoms with Crippen molar-refractivity contribution in [1.29, 1.82) is 0 Å². The van der Waals surface area contributed by atoms with Gasteiger partial charge in [-0.25, -0.2) is 0 Å². The lowest BCUT2D eigenvalue weighted by Gasteiger charge is -2.42. The van der Waals surface area contributed by atoms with Crippen LogP contribution >= 0.6 is 0 Å². The molecule has 0 radical (unpaired) electrons. The van der Waals surface area contributed by atoms with Gasteiger partial charge in [0.1, 0.15) is 0 Å². The second-order valence-electron chi connectivity index (χ2n) is 5.34. The van der Waals surface area contributed by atoms with Crippen LogP contribution in [0.5, 0.6) is 0 Å². The first-order chi connectivity index (χ1) is 9.27. The van der Waals surface area contributed by atoms with E-state index in [0.717, 1.165) is 25.1 Å². The molecule has 0 amide bonds. The van der Waals surface area contributed by atoms with Crippen LogP contribution in [-0.2, 0) is 0 Å². The molecule has 1 fully saturated rings. The van der Waals surface area contributed by atoms with E-state index in [1.807, 2.05) is 24.4 Å². The Balaban J connectivity index is 2.26. The van der Waals surface area contributed by atoms with Gasteiger partial charge in [0.05, 0.1) is 18.3 Å². The third-order valence-corrected chi connectivity index (χ3v) is 4.11. The Kier molecular flexibility index (Phi) is 5.31. The molecule has 1 aromatic rings. The minimum atomic E-state index is 0.0575. The van der Waals surface area contributed by atoms with Crippen LogP contribution in [0.3, 0.4) is 0 Å². The van der Waals surface area contributed by atoms with E-state index in [1.54, 1.807) is 0 Å². The summed E-state index contributed by atoms with van der Waals surface area (Å²) in [7, 11) is 0. The van der Waals surface area contributed by atoms with E-state index < -0.39 is 0 Å². The molecule has 1 aromatic heterocycles. The summed E-state index contributed by atoms with van der Waals surface area (Å²) in [4.78, 5) is 6.85. The van der Waals surface area contributed by atoms with Crippen molar-refractivity contribution in [3.05, 3.63) is 30.1 Å². The number of hydrogen-bond donors (Lipinski definition) is 2. The summed E-state index contributed by atoms with van der Waals surface area (Å²) >= 11 is 0. The highest BCUT2D eigenvalue weighted by atomic mass is 16.3. The van der Waals surface area contributed by atoms with E-state index in [0.29, 0.717) is 0 Å². The molecule has 2 heterocycles. The maximum absolute atomic E-state index is 9.61. The first-order valence-electron chi connectivity index (χ1n) is 7.31. The van der Waals surface area contributed by atoms with Gasteiger partial charge in [0.25, 0.3) is 0 Å². The van der Waals surface area contributed by atoms with E-state index in [9.17, 15) is 5.11 Å². The van der Waals surface area contributed by atoms with Crippen molar-refractivity contribution in [1.82, 2.24) is 9.88 Å². The number of aromatic nitrogens is 1. The molecule has 0 spiro atoms. The van der Waals surface area contributed by atoms with Gasteiger partial charge >= 0.3 is 0 Å². The average molecular weight is 263 g/mol. The molecule has 2 rings (SSSR count). The molecule has 0 saturated carbocycles. The summed E-state index contributed by atoms with van der Waals surface area (Å²) in [5.74, 6) is 0. The Hall–Kier alpha value is -0.970. The fraction of sp³-hybridized carbons (Fsp3) is 0.667. The first kappa shape index (κ1) is 14.4. The van der Waals surface area contributed by atoms with Crippen molar-refractivity contribution >= 4 is 0 Å². The molecule has 3 N–H and O–H groups in total. The van der Waals surface area contributed by atoms with Crippen LogP contribution in [0.15, 0.2) is 24.4 Å². The number of likely N-dealkylation sites (tertiary alicyclic amines) is 1. The van der Waals surface area contributed by atoms with Crippen molar-refractivity contribution in [2.75, 3.05) is 13.2 Å². The standard InChI is InChI=1S/C15H25N3O/c1-2-13(16)15(14-8-3-5-9-17-14)18-10-6-4-7-12(18)11-19/h3,5,8-9,12-13,15,19H,2,4,6-7,10-11,16H2,1H3. The summed E-state index contributed by atoms with van der Waals surface area (Å²) in [5, 5.41) is 9.61. The van der Waals surface area contributed by atoms with Crippen molar-refractivity contribution < 1.29 is 5.11 Å². The molecule has 0 bridgehead atoms. The molecule has 1 aliphatic rings. The second kappa shape index (κ2) is 6.98. The molecule has 1 saturated heterocycles. The first-order valence-corrected chi connectivity index (χ1v) is 7.31. The molecule has 19 heavy (non-hydrogen) atoms. The SMILES string of the molecule is CCC(N)C(c1ccccn1)N1CCCCC1CO. The van der Waals surface area contributed by atoms with Crippen LogP contribution in [0.4, 0.5) is 0 Å². The minimum absolute atomic E-state index is 0.0575. The molecule has 0 aliphatic carbocycles. The van der Waals surface area contributed by atoms with E-state index in [1.165, 1.54) is 12.8 Å². The molecule has 1 aliphatic heterocycles. The molecular formula is C15H25N3O.